The first-order valence-electron chi connectivity index (χ1n) is 8.75. The average molecular weight is 426 g/mol. The number of nitrogens with one attached hydrogen (secondary N) is 1. The number of sulfonamides is 1. The van der Waals surface area contributed by atoms with E-state index in [9.17, 15) is 26.4 Å². The highest BCUT2D eigenvalue weighted by Crippen LogP contribution is 2.31. The van der Waals surface area contributed by atoms with Crippen LogP contribution in [0.1, 0.15) is 18.1 Å². The largest absolute Gasteiger partial charge is 0.416 e. The fraction of sp³-hybridized carbons (Fsp3) is 0.250. The molecule has 0 aliphatic rings. The Kier molecular flexibility index (Phi) is 7.21. The first-order chi connectivity index (χ1) is 13.6. The van der Waals surface area contributed by atoms with Gasteiger partial charge in [-0.25, -0.2) is 8.42 Å². The molecule has 0 heterocycles. The van der Waals surface area contributed by atoms with Crippen molar-refractivity contribution in [2.24, 2.45) is 0 Å². The van der Waals surface area contributed by atoms with E-state index in [-0.39, 0.29) is 6.54 Å². The van der Waals surface area contributed by atoms with Crippen molar-refractivity contribution in [1.82, 2.24) is 4.31 Å². The van der Waals surface area contributed by atoms with Gasteiger partial charge in [-0.1, -0.05) is 37.3 Å². The first kappa shape index (κ1) is 22.6. The van der Waals surface area contributed by atoms with Gasteiger partial charge in [-0.15, -0.1) is 6.58 Å². The lowest BCUT2D eigenvalue weighted by molar-refractivity contribution is -0.137. The Morgan fingerprint density at radius 1 is 1.17 bits per heavy atom. The van der Waals surface area contributed by atoms with Gasteiger partial charge in [0, 0.05) is 12.2 Å². The second-order valence-corrected chi connectivity index (χ2v) is 8.11. The number of carbonyl (C=O) groups is 1. The number of carbonyl (C=O) groups excluding carboxylic acids is 1. The van der Waals surface area contributed by atoms with Crippen molar-refractivity contribution in [3.05, 3.63) is 72.3 Å². The van der Waals surface area contributed by atoms with Crippen LogP contribution in [0.3, 0.4) is 0 Å². The summed E-state index contributed by atoms with van der Waals surface area (Å²) in [5.41, 5.74) is 0.338. The molecule has 2 aromatic carbocycles. The molecule has 2 rings (SSSR count). The minimum Gasteiger partial charge on any atom is -0.325 e. The van der Waals surface area contributed by atoms with Crippen LogP contribution in [0.25, 0.3) is 0 Å². The molecule has 0 aliphatic heterocycles. The van der Waals surface area contributed by atoms with E-state index in [0.717, 1.165) is 28.1 Å². The van der Waals surface area contributed by atoms with Crippen LogP contribution in [0.2, 0.25) is 0 Å². The van der Waals surface area contributed by atoms with E-state index in [1.807, 2.05) is 19.1 Å². The summed E-state index contributed by atoms with van der Waals surface area (Å²) in [6, 6.07) is 10.5. The van der Waals surface area contributed by atoms with Crippen LogP contribution >= 0.6 is 0 Å². The van der Waals surface area contributed by atoms with Crippen molar-refractivity contribution in [2.75, 3.05) is 18.4 Å². The fourth-order valence-electron chi connectivity index (χ4n) is 2.67. The third-order valence-corrected chi connectivity index (χ3v) is 5.93. The van der Waals surface area contributed by atoms with E-state index >= 15 is 0 Å². The molecule has 0 spiro atoms. The molecule has 2 aromatic rings. The second kappa shape index (κ2) is 9.23. The van der Waals surface area contributed by atoms with Crippen LogP contribution < -0.4 is 5.32 Å². The molecule has 0 radical (unpaired) electrons. The summed E-state index contributed by atoms with van der Waals surface area (Å²) in [5, 5.41) is 2.65. The van der Waals surface area contributed by atoms with Gasteiger partial charge in [-0.05, 0) is 36.2 Å². The molecule has 1 N–H and O–H groups in total. The van der Waals surface area contributed by atoms with Crippen molar-refractivity contribution >= 4 is 21.6 Å². The number of hydrogen-bond donors (Lipinski definition) is 1. The maximum atomic E-state index is 12.9. The number of nitrogens with zero attached hydrogens (tertiary/aromatic N) is 1. The summed E-state index contributed by atoms with van der Waals surface area (Å²) in [6.07, 6.45) is -2.76. The predicted molar refractivity (Wildman–Crippen MR) is 105 cm³/mol. The van der Waals surface area contributed by atoms with Gasteiger partial charge in [-0.3, -0.25) is 4.79 Å². The lowest BCUT2D eigenvalue weighted by atomic mass is 10.1. The molecule has 29 heavy (non-hydrogen) atoms. The zero-order valence-electron chi connectivity index (χ0n) is 15.7. The Morgan fingerprint density at radius 3 is 2.48 bits per heavy atom. The zero-order chi connectivity index (χ0) is 21.7. The van der Waals surface area contributed by atoms with Gasteiger partial charge in [0.15, 0.2) is 0 Å². The maximum absolute atomic E-state index is 12.9. The van der Waals surface area contributed by atoms with Crippen molar-refractivity contribution in [3.63, 3.8) is 0 Å². The van der Waals surface area contributed by atoms with E-state index in [2.05, 4.69) is 11.9 Å². The molecule has 156 valence electrons. The molecule has 0 aromatic heterocycles. The van der Waals surface area contributed by atoms with Gasteiger partial charge in [0.2, 0.25) is 15.9 Å². The summed E-state index contributed by atoms with van der Waals surface area (Å²) in [4.78, 5) is 11.9. The number of aryl methyl sites for hydroxylation is 1. The van der Waals surface area contributed by atoms with Gasteiger partial charge >= 0.3 is 6.18 Å². The van der Waals surface area contributed by atoms with Gasteiger partial charge < -0.3 is 5.32 Å². The van der Waals surface area contributed by atoms with E-state index in [4.69, 9.17) is 0 Å². The zero-order valence-corrected chi connectivity index (χ0v) is 16.6. The Morgan fingerprint density at radius 2 is 1.86 bits per heavy atom. The number of para-hydroxylation sites is 1. The fourth-order valence-corrected chi connectivity index (χ4v) is 4.09. The van der Waals surface area contributed by atoms with Crippen LogP contribution in [0.5, 0.6) is 0 Å². The van der Waals surface area contributed by atoms with Gasteiger partial charge in [0.1, 0.15) is 0 Å². The highest BCUT2D eigenvalue weighted by atomic mass is 32.2. The Hall–Kier alpha value is -2.65. The van der Waals surface area contributed by atoms with Crippen molar-refractivity contribution < 1.29 is 26.4 Å². The molecular formula is C20H21F3N2O3S. The monoisotopic (exact) mass is 426 g/mol. The number of hydrogen-bond acceptors (Lipinski definition) is 3. The Balaban J connectivity index is 2.28. The lowest BCUT2D eigenvalue weighted by Crippen LogP contribution is -2.38. The van der Waals surface area contributed by atoms with Crippen LogP contribution in [0.15, 0.2) is 66.1 Å². The summed E-state index contributed by atoms with van der Waals surface area (Å²) >= 11 is 0. The van der Waals surface area contributed by atoms with Crippen LogP contribution in [0, 0.1) is 0 Å². The van der Waals surface area contributed by atoms with Crippen molar-refractivity contribution in [1.29, 1.82) is 0 Å². The van der Waals surface area contributed by atoms with Crippen LogP contribution in [-0.4, -0.2) is 31.7 Å². The number of halogens is 3. The molecule has 0 fully saturated rings. The lowest BCUT2D eigenvalue weighted by Gasteiger charge is -2.21. The number of rotatable bonds is 8. The van der Waals surface area contributed by atoms with E-state index in [0.29, 0.717) is 18.2 Å². The molecule has 9 heteroatoms. The molecule has 0 saturated heterocycles. The van der Waals surface area contributed by atoms with Crippen LogP contribution in [-0.2, 0) is 27.4 Å². The standard InChI is InChI=1S/C20H21F3N2O3S/c1-3-12-25(14-19(26)24-18-11-6-5-8-15(18)4-2)29(27,28)17-10-7-9-16(13-17)20(21,22)23/h3,5-11,13H,1,4,12,14H2,2H3,(H,24,26). The number of anilines is 1. The van der Waals surface area contributed by atoms with Crippen LogP contribution in [0.4, 0.5) is 18.9 Å². The van der Waals surface area contributed by atoms with E-state index < -0.39 is 39.1 Å². The van der Waals surface area contributed by atoms with Gasteiger partial charge in [0.25, 0.3) is 0 Å². The normalized spacial score (nSPS) is 12.0. The summed E-state index contributed by atoms with van der Waals surface area (Å²) in [5.74, 6) is -0.608. The molecule has 0 aliphatic carbocycles. The minimum atomic E-state index is -4.68. The minimum absolute atomic E-state index is 0.235. The molecule has 5 nitrogen and oxygen atoms in total. The molecule has 0 unspecified atom stereocenters. The molecule has 1 amide bonds. The highest BCUT2D eigenvalue weighted by Gasteiger charge is 2.33. The van der Waals surface area contributed by atoms with Crippen molar-refractivity contribution in [3.8, 4) is 0 Å². The van der Waals surface area contributed by atoms with Crippen molar-refractivity contribution in [2.45, 2.75) is 24.4 Å². The summed E-state index contributed by atoms with van der Waals surface area (Å²) in [6.45, 7) is 4.57. The molecular weight excluding hydrogens is 405 g/mol. The average Bonchev–Trinajstić information content (AvgIpc) is 2.67. The molecule has 0 atom stereocenters. The maximum Gasteiger partial charge on any atom is 0.416 e. The summed E-state index contributed by atoms with van der Waals surface area (Å²) < 4.78 is 65.3. The number of alkyl halides is 3. The second-order valence-electron chi connectivity index (χ2n) is 6.17. The number of benzene rings is 2. The predicted octanol–water partition coefficient (Wildman–Crippen LogP) is 4.08. The SMILES string of the molecule is C=CCN(CC(=O)Nc1ccccc1CC)S(=O)(=O)c1cccc(C(F)(F)F)c1. The first-order valence-corrected chi connectivity index (χ1v) is 10.2. The summed E-state index contributed by atoms with van der Waals surface area (Å²) in [7, 11) is -4.35. The quantitative estimate of drug-likeness (QED) is 0.647. The Labute approximate surface area is 167 Å². The Bertz CT molecular complexity index is 988. The molecule has 0 bridgehead atoms. The smallest absolute Gasteiger partial charge is 0.325 e. The van der Waals surface area contributed by atoms with E-state index in [1.54, 1.807) is 12.1 Å². The third kappa shape index (κ3) is 5.68. The topological polar surface area (TPSA) is 66.5 Å². The van der Waals surface area contributed by atoms with E-state index in [1.165, 1.54) is 6.08 Å². The highest BCUT2D eigenvalue weighted by molar-refractivity contribution is 7.89. The molecule has 0 saturated carbocycles. The number of amides is 1. The van der Waals surface area contributed by atoms with Gasteiger partial charge in [0.05, 0.1) is 17.0 Å². The third-order valence-electron chi connectivity index (χ3n) is 4.12. The van der Waals surface area contributed by atoms with Gasteiger partial charge in [-0.2, -0.15) is 17.5 Å².